The number of nitrogens with zero attached hydrogens (tertiary/aromatic N) is 4. The molecule has 0 saturated carbocycles. The SMILES string of the molecule is N#CCCN(C[C@H]1CCOC1)Cn1ccc(-c2ccccc2)n1. The molecule has 2 aromatic rings. The Morgan fingerprint density at radius 3 is 2.91 bits per heavy atom. The molecule has 1 aromatic heterocycles. The van der Waals surface area contributed by atoms with Crippen molar-refractivity contribution in [1.29, 1.82) is 5.26 Å². The van der Waals surface area contributed by atoms with Crippen LogP contribution in [0.15, 0.2) is 42.6 Å². The number of hydrogen-bond acceptors (Lipinski definition) is 4. The molecule has 1 saturated heterocycles. The van der Waals surface area contributed by atoms with Gasteiger partial charge in [0.2, 0.25) is 0 Å². The quantitative estimate of drug-likeness (QED) is 0.789. The molecule has 1 aliphatic heterocycles. The van der Waals surface area contributed by atoms with Crippen LogP contribution in [0, 0.1) is 17.2 Å². The molecule has 0 N–H and O–H groups in total. The van der Waals surface area contributed by atoms with Gasteiger partial charge in [0.05, 0.1) is 25.0 Å². The first-order chi connectivity index (χ1) is 11.3. The van der Waals surface area contributed by atoms with E-state index < -0.39 is 0 Å². The van der Waals surface area contributed by atoms with Crippen LogP contribution in [0.2, 0.25) is 0 Å². The minimum absolute atomic E-state index is 0.542. The van der Waals surface area contributed by atoms with Crippen molar-refractivity contribution in [2.75, 3.05) is 26.3 Å². The van der Waals surface area contributed by atoms with Crippen molar-refractivity contribution in [3.8, 4) is 17.3 Å². The van der Waals surface area contributed by atoms with Gasteiger partial charge in [-0.2, -0.15) is 10.4 Å². The van der Waals surface area contributed by atoms with Gasteiger partial charge in [-0.1, -0.05) is 30.3 Å². The minimum Gasteiger partial charge on any atom is -0.381 e. The summed E-state index contributed by atoms with van der Waals surface area (Å²) in [5.41, 5.74) is 2.11. The van der Waals surface area contributed by atoms with Gasteiger partial charge in [-0.3, -0.25) is 9.58 Å². The van der Waals surface area contributed by atoms with Crippen LogP contribution in [0.5, 0.6) is 0 Å². The first-order valence-electron chi connectivity index (χ1n) is 8.11. The topological polar surface area (TPSA) is 54.1 Å². The zero-order valence-corrected chi connectivity index (χ0v) is 13.3. The molecule has 1 aliphatic rings. The zero-order chi connectivity index (χ0) is 15.9. The van der Waals surface area contributed by atoms with E-state index in [0.717, 1.165) is 44.0 Å². The van der Waals surface area contributed by atoms with E-state index in [2.05, 4.69) is 28.2 Å². The largest absolute Gasteiger partial charge is 0.381 e. The van der Waals surface area contributed by atoms with Crippen molar-refractivity contribution in [3.05, 3.63) is 42.6 Å². The third-order valence-electron chi connectivity index (χ3n) is 4.14. The Kier molecular flexibility index (Phi) is 5.41. The van der Waals surface area contributed by atoms with E-state index >= 15 is 0 Å². The van der Waals surface area contributed by atoms with E-state index in [4.69, 9.17) is 10.00 Å². The van der Waals surface area contributed by atoms with E-state index in [0.29, 0.717) is 19.0 Å². The molecule has 23 heavy (non-hydrogen) atoms. The van der Waals surface area contributed by atoms with Gasteiger partial charge >= 0.3 is 0 Å². The Bertz CT molecular complexity index is 641. The fourth-order valence-corrected chi connectivity index (χ4v) is 2.93. The molecule has 1 aromatic carbocycles. The second-order valence-electron chi connectivity index (χ2n) is 5.96. The molecule has 5 nitrogen and oxygen atoms in total. The van der Waals surface area contributed by atoms with Crippen LogP contribution < -0.4 is 0 Å². The summed E-state index contributed by atoms with van der Waals surface area (Å²) in [5.74, 6) is 0.567. The maximum Gasteiger partial charge on any atom is 0.0929 e. The summed E-state index contributed by atoms with van der Waals surface area (Å²) in [4.78, 5) is 2.30. The molecular formula is C18H22N4O. The number of ether oxygens (including phenoxy) is 1. The molecule has 0 radical (unpaired) electrons. The van der Waals surface area contributed by atoms with Crippen molar-refractivity contribution >= 4 is 0 Å². The third-order valence-corrected chi connectivity index (χ3v) is 4.14. The van der Waals surface area contributed by atoms with Crippen LogP contribution >= 0.6 is 0 Å². The molecule has 1 fully saturated rings. The summed E-state index contributed by atoms with van der Waals surface area (Å²) in [6, 6.07) is 14.5. The highest BCUT2D eigenvalue weighted by Gasteiger charge is 2.19. The highest BCUT2D eigenvalue weighted by Crippen LogP contribution is 2.17. The zero-order valence-electron chi connectivity index (χ0n) is 13.3. The van der Waals surface area contributed by atoms with Crippen LogP contribution in [0.1, 0.15) is 12.8 Å². The molecule has 0 aliphatic carbocycles. The van der Waals surface area contributed by atoms with Gasteiger partial charge in [-0.05, 0) is 18.4 Å². The summed E-state index contributed by atoms with van der Waals surface area (Å²) in [6.45, 7) is 4.13. The monoisotopic (exact) mass is 310 g/mol. The summed E-state index contributed by atoms with van der Waals surface area (Å²) in [7, 11) is 0. The number of benzene rings is 1. The lowest BCUT2D eigenvalue weighted by Crippen LogP contribution is -2.32. The van der Waals surface area contributed by atoms with Gasteiger partial charge in [-0.15, -0.1) is 0 Å². The lowest BCUT2D eigenvalue weighted by atomic mass is 10.1. The molecule has 0 amide bonds. The smallest absolute Gasteiger partial charge is 0.0929 e. The van der Waals surface area contributed by atoms with Gasteiger partial charge in [0.15, 0.2) is 0 Å². The predicted octanol–water partition coefficient (Wildman–Crippen LogP) is 2.76. The molecule has 0 unspecified atom stereocenters. The third kappa shape index (κ3) is 4.41. The fraction of sp³-hybridized carbons (Fsp3) is 0.444. The van der Waals surface area contributed by atoms with E-state index in [1.165, 1.54) is 0 Å². The lowest BCUT2D eigenvalue weighted by molar-refractivity contribution is 0.149. The van der Waals surface area contributed by atoms with E-state index in [9.17, 15) is 0 Å². The standard InChI is InChI=1S/C18H22N4O/c19-9-4-10-21(13-16-8-12-23-14-16)15-22-11-7-18(20-22)17-5-2-1-3-6-17/h1-3,5-7,11,16H,4,8,10,12-15H2/t16-/m1/s1. The Morgan fingerprint density at radius 1 is 1.30 bits per heavy atom. The Labute approximate surface area is 137 Å². The average Bonchev–Trinajstić information content (AvgIpc) is 3.25. The summed E-state index contributed by atoms with van der Waals surface area (Å²) >= 11 is 0. The summed E-state index contributed by atoms with van der Waals surface area (Å²) in [6.07, 6.45) is 3.66. The first kappa shape index (κ1) is 15.7. The molecule has 120 valence electrons. The van der Waals surface area contributed by atoms with E-state index in [1.54, 1.807) is 0 Å². The van der Waals surface area contributed by atoms with Crippen molar-refractivity contribution in [3.63, 3.8) is 0 Å². The number of aromatic nitrogens is 2. The normalized spacial score (nSPS) is 17.5. The van der Waals surface area contributed by atoms with Crippen LogP contribution in [0.3, 0.4) is 0 Å². The van der Waals surface area contributed by atoms with Crippen LogP contribution in [-0.2, 0) is 11.4 Å². The summed E-state index contributed by atoms with van der Waals surface area (Å²) in [5, 5.41) is 13.5. The Morgan fingerprint density at radius 2 is 2.17 bits per heavy atom. The second kappa shape index (κ2) is 7.91. The maximum atomic E-state index is 8.87. The molecule has 0 spiro atoms. The lowest BCUT2D eigenvalue weighted by Gasteiger charge is -2.23. The maximum absolute atomic E-state index is 8.87. The van der Waals surface area contributed by atoms with Gasteiger partial charge in [0.25, 0.3) is 0 Å². The van der Waals surface area contributed by atoms with E-state index in [-0.39, 0.29) is 0 Å². The highest BCUT2D eigenvalue weighted by atomic mass is 16.5. The van der Waals surface area contributed by atoms with Crippen LogP contribution in [0.4, 0.5) is 0 Å². The predicted molar refractivity (Wildman–Crippen MR) is 88.4 cm³/mol. The number of hydrogen-bond donors (Lipinski definition) is 0. The van der Waals surface area contributed by atoms with Gasteiger partial charge < -0.3 is 4.74 Å². The van der Waals surface area contributed by atoms with E-state index in [1.807, 2.05) is 35.1 Å². The van der Waals surface area contributed by atoms with Crippen molar-refractivity contribution < 1.29 is 4.74 Å². The molecule has 0 bridgehead atoms. The summed E-state index contributed by atoms with van der Waals surface area (Å²) < 4.78 is 7.41. The van der Waals surface area contributed by atoms with Crippen molar-refractivity contribution in [2.45, 2.75) is 19.5 Å². The van der Waals surface area contributed by atoms with Crippen LogP contribution in [0.25, 0.3) is 11.3 Å². The number of rotatable bonds is 7. The minimum atomic E-state index is 0.542. The average molecular weight is 310 g/mol. The molecule has 5 heteroatoms. The van der Waals surface area contributed by atoms with Crippen molar-refractivity contribution in [1.82, 2.24) is 14.7 Å². The van der Waals surface area contributed by atoms with Gasteiger partial charge in [0.1, 0.15) is 0 Å². The molecular weight excluding hydrogens is 288 g/mol. The number of nitriles is 1. The molecule has 1 atom stereocenters. The van der Waals surface area contributed by atoms with Crippen molar-refractivity contribution in [2.24, 2.45) is 5.92 Å². The molecule has 2 heterocycles. The molecule has 3 rings (SSSR count). The van der Waals surface area contributed by atoms with Crippen LogP contribution in [-0.4, -0.2) is 41.0 Å². The van der Waals surface area contributed by atoms with Gasteiger partial charge in [-0.25, -0.2) is 0 Å². The Balaban J connectivity index is 1.64. The Hall–Kier alpha value is -2.16. The highest BCUT2D eigenvalue weighted by molar-refractivity contribution is 5.57. The first-order valence-corrected chi connectivity index (χ1v) is 8.11. The second-order valence-corrected chi connectivity index (χ2v) is 5.96. The fourth-order valence-electron chi connectivity index (χ4n) is 2.93. The van der Waals surface area contributed by atoms with Gasteiger partial charge in [0, 0.05) is 37.9 Å².